The Morgan fingerprint density at radius 2 is 2.00 bits per heavy atom. The van der Waals surface area contributed by atoms with Gasteiger partial charge in [-0.15, -0.1) is 11.3 Å². The minimum Gasteiger partial charge on any atom is -0.323 e. The number of nitrogens with zero attached hydrogens (tertiary/aromatic N) is 2. The van der Waals surface area contributed by atoms with Gasteiger partial charge in [-0.05, 0) is 70.5 Å². The number of likely N-dealkylation sites (tertiary alicyclic amines) is 1. The lowest BCUT2D eigenvalue weighted by atomic mass is 9.97. The quantitative estimate of drug-likeness (QED) is 0.864. The third-order valence-electron chi connectivity index (χ3n) is 4.59. The smallest absolute Gasteiger partial charge is 0.263 e. The van der Waals surface area contributed by atoms with E-state index in [-0.39, 0.29) is 5.56 Å². The predicted molar refractivity (Wildman–Crippen MR) is 91.0 cm³/mol. The molecule has 0 amide bonds. The first kappa shape index (κ1) is 14.9. The fourth-order valence-electron chi connectivity index (χ4n) is 3.03. The van der Waals surface area contributed by atoms with E-state index in [1.807, 2.05) is 6.92 Å². The first-order chi connectivity index (χ1) is 9.97. The summed E-state index contributed by atoms with van der Waals surface area (Å²) in [6.45, 7) is 7.03. The third kappa shape index (κ3) is 2.72. The van der Waals surface area contributed by atoms with Crippen LogP contribution in [0.25, 0.3) is 10.2 Å². The zero-order valence-corrected chi connectivity index (χ0v) is 14.4. The van der Waals surface area contributed by atoms with Gasteiger partial charge < -0.3 is 9.88 Å². The van der Waals surface area contributed by atoms with E-state index in [2.05, 4.69) is 23.9 Å². The fourth-order valence-corrected chi connectivity index (χ4v) is 4.41. The molecule has 0 unspecified atom stereocenters. The van der Waals surface area contributed by atoms with E-state index in [0.717, 1.165) is 48.3 Å². The number of hydrogen-bond acceptors (Lipinski definition) is 4. The Bertz CT molecular complexity index is 779. The minimum atomic E-state index is 0.0783. The molecular weight excluding hydrogens is 302 g/mol. The molecule has 1 saturated heterocycles. The van der Waals surface area contributed by atoms with Gasteiger partial charge in [0, 0.05) is 11.4 Å². The summed E-state index contributed by atoms with van der Waals surface area (Å²) in [6, 6.07) is 0. The van der Waals surface area contributed by atoms with E-state index in [4.69, 9.17) is 12.2 Å². The maximum Gasteiger partial charge on any atom is 0.263 e. The number of H-pyrrole nitrogens is 1. The molecule has 114 valence electrons. The summed E-state index contributed by atoms with van der Waals surface area (Å²) in [6.07, 6.45) is 2.27. The lowest BCUT2D eigenvalue weighted by Crippen LogP contribution is -2.34. The van der Waals surface area contributed by atoms with Crippen molar-refractivity contribution in [2.24, 2.45) is 5.92 Å². The molecule has 1 fully saturated rings. The number of rotatable bonds is 2. The second-order valence-corrected chi connectivity index (χ2v) is 7.69. The molecule has 4 nitrogen and oxygen atoms in total. The molecular formula is C15H21N3OS2. The first-order valence-electron chi connectivity index (χ1n) is 7.38. The van der Waals surface area contributed by atoms with Crippen molar-refractivity contribution in [1.29, 1.82) is 0 Å². The SMILES string of the molecule is Cc1sc2[nH]c(=S)n(CC3CCN(C)CC3)c(=O)c2c1C. The summed E-state index contributed by atoms with van der Waals surface area (Å²) in [5.41, 5.74) is 1.16. The zero-order valence-electron chi connectivity index (χ0n) is 12.7. The molecule has 2 aromatic rings. The van der Waals surface area contributed by atoms with E-state index >= 15 is 0 Å². The van der Waals surface area contributed by atoms with Gasteiger partial charge in [0.25, 0.3) is 5.56 Å². The molecule has 2 aromatic heterocycles. The van der Waals surface area contributed by atoms with Crippen LogP contribution < -0.4 is 5.56 Å². The normalized spacial score (nSPS) is 17.7. The topological polar surface area (TPSA) is 41.0 Å². The number of aromatic amines is 1. The number of aryl methyl sites for hydroxylation is 2. The maximum absolute atomic E-state index is 12.8. The highest BCUT2D eigenvalue weighted by Gasteiger charge is 2.19. The van der Waals surface area contributed by atoms with E-state index in [9.17, 15) is 4.79 Å². The van der Waals surface area contributed by atoms with Crippen molar-refractivity contribution in [3.8, 4) is 0 Å². The largest absolute Gasteiger partial charge is 0.323 e. The number of piperidine rings is 1. The molecule has 0 bridgehead atoms. The molecule has 6 heteroatoms. The second-order valence-electron chi connectivity index (χ2n) is 6.08. The molecule has 21 heavy (non-hydrogen) atoms. The van der Waals surface area contributed by atoms with Gasteiger partial charge in [0.1, 0.15) is 4.83 Å². The lowest BCUT2D eigenvalue weighted by Gasteiger charge is -2.29. The molecule has 1 N–H and O–H groups in total. The van der Waals surface area contributed by atoms with Crippen molar-refractivity contribution in [2.45, 2.75) is 33.2 Å². The predicted octanol–water partition coefficient (Wildman–Crippen LogP) is 3.08. The molecule has 0 spiro atoms. The highest BCUT2D eigenvalue weighted by atomic mass is 32.1. The molecule has 0 atom stereocenters. The van der Waals surface area contributed by atoms with Gasteiger partial charge in [0.2, 0.25) is 0 Å². The van der Waals surface area contributed by atoms with Crippen molar-refractivity contribution < 1.29 is 0 Å². The van der Waals surface area contributed by atoms with Gasteiger partial charge in [-0.2, -0.15) is 0 Å². The average Bonchev–Trinajstić information content (AvgIpc) is 2.72. The van der Waals surface area contributed by atoms with Crippen LogP contribution in [0.3, 0.4) is 0 Å². The van der Waals surface area contributed by atoms with E-state index in [1.165, 1.54) is 4.88 Å². The fraction of sp³-hybridized carbons (Fsp3) is 0.600. The van der Waals surface area contributed by atoms with Crippen LogP contribution in [0.15, 0.2) is 4.79 Å². The van der Waals surface area contributed by atoms with Gasteiger partial charge in [-0.25, -0.2) is 0 Å². The van der Waals surface area contributed by atoms with Gasteiger partial charge in [0.15, 0.2) is 4.77 Å². The summed E-state index contributed by atoms with van der Waals surface area (Å²) < 4.78 is 2.33. The van der Waals surface area contributed by atoms with E-state index in [1.54, 1.807) is 15.9 Å². The summed E-state index contributed by atoms with van der Waals surface area (Å²) in [5.74, 6) is 0.548. The Kier molecular flexibility index (Phi) is 4.03. The number of hydrogen-bond donors (Lipinski definition) is 1. The number of thiophene rings is 1. The van der Waals surface area contributed by atoms with Crippen LogP contribution in [0.1, 0.15) is 23.3 Å². The third-order valence-corrected chi connectivity index (χ3v) is 6.03. The molecule has 0 aliphatic carbocycles. The average molecular weight is 323 g/mol. The molecule has 0 aromatic carbocycles. The monoisotopic (exact) mass is 323 g/mol. The van der Waals surface area contributed by atoms with Crippen LogP contribution in [-0.2, 0) is 6.54 Å². The summed E-state index contributed by atoms with van der Waals surface area (Å²) >= 11 is 7.03. The van der Waals surface area contributed by atoms with Crippen molar-refractivity contribution in [3.63, 3.8) is 0 Å². The van der Waals surface area contributed by atoms with Crippen molar-refractivity contribution in [1.82, 2.24) is 14.5 Å². The summed E-state index contributed by atoms with van der Waals surface area (Å²) in [5, 5.41) is 0.819. The lowest BCUT2D eigenvalue weighted by molar-refractivity contribution is 0.203. The van der Waals surface area contributed by atoms with Crippen LogP contribution in [0.5, 0.6) is 0 Å². The first-order valence-corrected chi connectivity index (χ1v) is 8.61. The Balaban J connectivity index is 2.01. The molecule has 0 radical (unpaired) electrons. The standard InChI is InChI=1S/C15H21N3OS2/c1-9-10(2)21-13-12(9)14(19)18(15(20)16-13)8-11-4-6-17(3)7-5-11/h11H,4-8H2,1-3H3,(H,16,20). The van der Waals surface area contributed by atoms with Crippen molar-refractivity contribution in [3.05, 3.63) is 25.6 Å². The number of fused-ring (bicyclic) bond motifs is 1. The van der Waals surface area contributed by atoms with Crippen LogP contribution in [0.4, 0.5) is 0 Å². The number of aromatic nitrogens is 2. The van der Waals surface area contributed by atoms with Crippen LogP contribution in [-0.4, -0.2) is 34.6 Å². The summed E-state index contributed by atoms with van der Waals surface area (Å²) in [4.78, 5) is 20.5. The van der Waals surface area contributed by atoms with E-state index < -0.39 is 0 Å². The Hall–Kier alpha value is -0.980. The Morgan fingerprint density at radius 1 is 1.33 bits per heavy atom. The van der Waals surface area contributed by atoms with Crippen LogP contribution >= 0.6 is 23.6 Å². The highest BCUT2D eigenvalue weighted by Crippen LogP contribution is 2.26. The van der Waals surface area contributed by atoms with Crippen molar-refractivity contribution in [2.75, 3.05) is 20.1 Å². The van der Waals surface area contributed by atoms with Crippen LogP contribution in [0, 0.1) is 24.5 Å². The number of nitrogens with one attached hydrogen (secondary N) is 1. The highest BCUT2D eigenvalue weighted by molar-refractivity contribution is 7.71. The van der Waals surface area contributed by atoms with Gasteiger partial charge >= 0.3 is 0 Å². The van der Waals surface area contributed by atoms with Crippen molar-refractivity contribution >= 4 is 33.8 Å². The molecule has 1 aliphatic heterocycles. The zero-order chi connectivity index (χ0) is 15.1. The Morgan fingerprint density at radius 3 is 2.67 bits per heavy atom. The Labute approximate surface area is 133 Å². The van der Waals surface area contributed by atoms with Gasteiger partial charge in [-0.3, -0.25) is 9.36 Å². The van der Waals surface area contributed by atoms with E-state index in [0.29, 0.717) is 10.7 Å². The minimum absolute atomic E-state index is 0.0783. The van der Waals surface area contributed by atoms with Crippen LogP contribution in [0.2, 0.25) is 0 Å². The second kappa shape index (κ2) is 5.66. The van der Waals surface area contributed by atoms with Gasteiger partial charge in [-0.1, -0.05) is 0 Å². The summed E-state index contributed by atoms with van der Waals surface area (Å²) in [7, 11) is 2.15. The molecule has 3 heterocycles. The van der Waals surface area contributed by atoms with Gasteiger partial charge in [0.05, 0.1) is 5.39 Å². The molecule has 0 saturated carbocycles. The molecule has 3 rings (SSSR count). The molecule has 1 aliphatic rings. The maximum atomic E-state index is 12.8.